The Morgan fingerprint density at radius 1 is 1.18 bits per heavy atom. The summed E-state index contributed by atoms with van der Waals surface area (Å²) in [6.07, 6.45) is 4.47. The molecule has 0 atom stereocenters. The van der Waals surface area contributed by atoms with Gasteiger partial charge in [0.2, 0.25) is 5.91 Å². The molecule has 4 aromatic rings. The number of ether oxygens (including phenoxy) is 2. The van der Waals surface area contributed by atoms with Crippen LogP contribution in [0.4, 0.5) is 26.0 Å². The molecule has 0 aliphatic rings. The molecule has 39 heavy (non-hydrogen) atoms. The zero-order chi connectivity index (χ0) is 28.0. The Morgan fingerprint density at radius 2 is 2.00 bits per heavy atom. The summed E-state index contributed by atoms with van der Waals surface area (Å²) in [4.78, 5) is 21.0. The van der Waals surface area contributed by atoms with Crippen molar-refractivity contribution in [1.29, 1.82) is 0 Å². The van der Waals surface area contributed by atoms with Crippen molar-refractivity contribution in [3.8, 4) is 11.5 Å². The van der Waals surface area contributed by atoms with Crippen LogP contribution in [0.15, 0.2) is 49.1 Å². The number of hydrogen-bond donors (Lipinski definition) is 4. The number of anilines is 3. The Morgan fingerprint density at radius 3 is 2.77 bits per heavy atom. The quantitative estimate of drug-likeness (QED) is 0.199. The van der Waals surface area contributed by atoms with Crippen LogP contribution in [0.1, 0.15) is 13.8 Å². The summed E-state index contributed by atoms with van der Waals surface area (Å²) in [7, 11) is 1.53. The molecule has 1 amide bonds. The van der Waals surface area contributed by atoms with Crippen LogP contribution >= 0.6 is 0 Å². The van der Waals surface area contributed by atoms with Crippen LogP contribution in [0.5, 0.6) is 11.5 Å². The van der Waals surface area contributed by atoms with Crippen molar-refractivity contribution in [3.63, 3.8) is 0 Å². The van der Waals surface area contributed by atoms with Gasteiger partial charge in [-0.2, -0.15) is 5.10 Å². The van der Waals surface area contributed by atoms with Crippen LogP contribution in [0.3, 0.4) is 0 Å². The first-order chi connectivity index (χ1) is 18.7. The molecule has 0 spiro atoms. The molecule has 0 unspecified atom stereocenters. The van der Waals surface area contributed by atoms with Crippen molar-refractivity contribution in [3.05, 3.63) is 60.7 Å². The van der Waals surface area contributed by atoms with Gasteiger partial charge in [0.25, 0.3) is 0 Å². The lowest BCUT2D eigenvalue weighted by molar-refractivity contribution is -0.116. The first-order valence-electron chi connectivity index (χ1n) is 12.0. The van der Waals surface area contributed by atoms with Gasteiger partial charge < -0.3 is 30.5 Å². The topological polar surface area (TPSA) is 135 Å². The number of nitrogens with zero attached hydrogens (tertiary/aromatic N) is 4. The van der Waals surface area contributed by atoms with Gasteiger partial charge in [0.05, 0.1) is 36.8 Å². The van der Waals surface area contributed by atoms with Crippen molar-refractivity contribution < 1.29 is 28.2 Å². The van der Waals surface area contributed by atoms with Crippen LogP contribution in [0.2, 0.25) is 0 Å². The first kappa shape index (κ1) is 27.7. The maximum absolute atomic E-state index is 13.8. The molecule has 4 rings (SSSR count). The molecule has 2 heterocycles. The van der Waals surface area contributed by atoms with E-state index in [2.05, 4.69) is 31.0 Å². The summed E-state index contributed by atoms with van der Waals surface area (Å²) in [6.45, 7) is 4.43. The highest BCUT2D eigenvalue weighted by Crippen LogP contribution is 2.34. The van der Waals surface area contributed by atoms with E-state index in [4.69, 9.17) is 9.47 Å². The van der Waals surface area contributed by atoms with Crippen LogP contribution in [-0.4, -0.2) is 63.2 Å². The molecule has 0 saturated carbocycles. The SMILES string of the molecule is COc1cc2c(Nc3cnn(CC(=O)Nc4cccc(F)c4F)c3)ncnc2cc1OCCNC(C)(C)CO. The Balaban J connectivity index is 1.44. The number of methoxy groups -OCH3 is 1. The first-order valence-corrected chi connectivity index (χ1v) is 12.0. The van der Waals surface area contributed by atoms with Crippen LogP contribution in [-0.2, 0) is 11.3 Å². The summed E-state index contributed by atoms with van der Waals surface area (Å²) in [5.74, 6) is -1.29. The number of halogens is 2. The van der Waals surface area contributed by atoms with Crippen molar-refractivity contribution in [1.82, 2.24) is 25.1 Å². The van der Waals surface area contributed by atoms with E-state index in [9.17, 15) is 18.7 Å². The molecule has 206 valence electrons. The zero-order valence-corrected chi connectivity index (χ0v) is 21.7. The highest BCUT2D eigenvalue weighted by atomic mass is 19.2. The minimum atomic E-state index is -1.13. The zero-order valence-electron chi connectivity index (χ0n) is 21.7. The second-order valence-electron chi connectivity index (χ2n) is 9.26. The number of carbonyl (C=O) groups is 1. The molecule has 0 saturated heterocycles. The van der Waals surface area contributed by atoms with Gasteiger partial charge in [0.15, 0.2) is 23.1 Å². The van der Waals surface area contributed by atoms with Gasteiger partial charge in [-0.15, -0.1) is 0 Å². The molecular formula is C26H29F2N7O4. The highest BCUT2D eigenvalue weighted by molar-refractivity contribution is 5.93. The van der Waals surface area contributed by atoms with E-state index in [-0.39, 0.29) is 18.8 Å². The van der Waals surface area contributed by atoms with Crippen molar-refractivity contribution in [2.75, 3.05) is 37.5 Å². The Kier molecular flexibility index (Phi) is 8.52. The average molecular weight is 542 g/mol. The number of aliphatic hydroxyl groups is 1. The lowest BCUT2D eigenvalue weighted by Gasteiger charge is -2.23. The number of rotatable bonds is 12. The van der Waals surface area contributed by atoms with Crippen LogP contribution in [0, 0.1) is 11.6 Å². The van der Waals surface area contributed by atoms with Crippen molar-refractivity contribution in [2.24, 2.45) is 0 Å². The predicted molar refractivity (Wildman–Crippen MR) is 141 cm³/mol. The third-order valence-corrected chi connectivity index (χ3v) is 5.71. The lowest BCUT2D eigenvalue weighted by atomic mass is 10.1. The van der Waals surface area contributed by atoms with Gasteiger partial charge >= 0.3 is 0 Å². The average Bonchev–Trinajstić information content (AvgIpc) is 3.35. The van der Waals surface area contributed by atoms with Crippen LogP contribution in [0.25, 0.3) is 10.9 Å². The molecule has 2 aromatic heterocycles. The minimum Gasteiger partial charge on any atom is -0.493 e. The minimum absolute atomic E-state index is 0.0000127. The van der Waals surface area contributed by atoms with E-state index in [1.165, 1.54) is 36.4 Å². The number of benzene rings is 2. The molecule has 0 fully saturated rings. The molecule has 2 aromatic carbocycles. The summed E-state index contributed by atoms with van der Waals surface area (Å²) >= 11 is 0. The normalized spacial score (nSPS) is 11.4. The molecule has 0 aliphatic heterocycles. The number of fused-ring (bicyclic) bond motifs is 1. The lowest BCUT2D eigenvalue weighted by Crippen LogP contribution is -2.44. The smallest absolute Gasteiger partial charge is 0.246 e. The Hall–Kier alpha value is -4.36. The van der Waals surface area contributed by atoms with Gasteiger partial charge in [-0.05, 0) is 32.0 Å². The monoisotopic (exact) mass is 541 g/mol. The number of hydrogen-bond acceptors (Lipinski definition) is 9. The number of aliphatic hydroxyl groups excluding tert-OH is 1. The van der Waals surface area contributed by atoms with E-state index >= 15 is 0 Å². The fraction of sp³-hybridized carbons (Fsp3) is 0.308. The van der Waals surface area contributed by atoms with E-state index < -0.39 is 23.1 Å². The molecule has 0 aliphatic carbocycles. The number of amides is 1. The fourth-order valence-corrected chi connectivity index (χ4v) is 3.63. The summed E-state index contributed by atoms with van der Waals surface area (Å²) < 4.78 is 39.9. The van der Waals surface area contributed by atoms with Crippen molar-refractivity contribution >= 4 is 34.0 Å². The van der Waals surface area contributed by atoms with Gasteiger partial charge in [0, 0.05) is 29.7 Å². The van der Waals surface area contributed by atoms with E-state index in [0.717, 1.165) is 6.07 Å². The number of aromatic nitrogens is 4. The summed E-state index contributed by atoms with van der Waals surface area (Å²) in [5, 5.41) is 22.9. The number of carbonyl (C=O) groups excluding carboxylic acids is 1. The number of nitrogens with one attached hydrogen (secondary N) is 3. The molecular weight excluding hydrogens is 512 g/mol. The van der Waals surface area contributed by atoms with Crippen molar-refractivity contribution in [2.45, 2.75) is 25.9 Å². The molecule has 13 heteroatoms. The molecule has 0 radical (unpaired) electrons. The molecule has 0 bridgehead atoms. The predicted octanol–water partition coefficient (Wildman–Crippen LogP) is 3.23. The maximum Gasteiger partial charge on any atom is 0.246 e. The Labute approximate surface area is 223 Å². The molecule has 11 nitrogen and oxygen atoms in total. The standard InChI is InChI=1S/C26H29F2N7O4/c1-26(2,14-36)31-7-8-39-22-10-20-17(9-21(22)38-3)25(30-15-29-20)33-16-11-32-35(12-16)13-23(37)34-19-6-4-5-18(27)24(19)28/h4-6,9-12,15,31,36H,7-8,13-14H2,1-3H3,(H,34,37)(H,29,30,33). The van der Waals surface area contributed by atoms with Crippen LogP contribution < -0.4 is 25.4 Å². The van der Waals surface area contributed by atoms with Gasteiger partial charge in [-0.25, -0.2) is 18.7 Å². The van der Waals surface area contributed by atoms with Gasteiger partial charge in [-0.1, -0.05) is 6.07 Å². The second-order valence-corrected chi connectivity index (χ2v) is 9.26. The summed E-state index contributed by atoms with van der Waals surface area (Å²) in [5.41, 5.74) is 0.481. The van der Waals surface area contributed by atoms with E-state index in [0.29, 0.717) is 47.1 Å². The second kappa shape index (κ2) is 12.0. The van der Waals surface area contributed by atoms with E-state index in [1.807, 2.05) is 13.8 Å². The van der Waals surface area contributed by atoms with Gasteiger partial charge in [-0.3, -0.25) is 9.48 Å². The molecule has 4 N–H and O–H groups in total. The Bertz CT molecular complexity index is 1460. The fourth-order valence-electron chi connectivity index (χ4n) is 3.63. The largest absolute Gasteiger partial charge is 0.493 e. The maximum atomic E-state index is 13.8. The third-order valence-electron chi connectivity index (χ3n) is 5.71. The van der Waals surface area contributed by atoms with E-state index in [1.54, 1.807) is 18.3 Å². The van der Waals surface area contributed by atoms with Gasteiger partial charge in [0.1, 0.15) is 25.3 Å². The third kappa shape index (κ3) is 6.94. The highest BCUT2D eigenvalue weighted by Gasteiger charge is 2.16. The summed E-state index contributed by atoms with van der Waals surface area (Å²) in [6, 6.07) is 7.04.